The molecule has 7 nitrogen and oxygen atoms in total. The van der Waals surface area contributed by atoms with Gasteiger partial charge < -0.3 is 14.0 Å². The number of aliphatic imine (C=N–C) groups is 1. The van der Waals surface area contributed by atoms with Crippen LogP contribution in [0, 0.1) is 0 Å². The molecule has 0 spiro atoms. The van der Waals surface area contributed by atoms with Crippen LogP contribution in [0.3, 0.4) is 0 Å². The molecule has 1 fully saturated rings. The number of benzene rings is 2. The summed E-state index contributed by atoms with van der Waals surface area (Å²) in [7, 11) is -0.571. The second-order valence-corrected chi connectivity index (χ2v) is 8.50. The first-order chi connectivity index (χ1) is 13.7. The van der Waals surface area contributed by atoms with Crippen molar-refractivity contribution >= 4 is 35.7 Å². The highest BCUT2D eigenvalue weighted by atomic mass is 16.7. The molecule has 3 heterocycles. The number of ether oxygens (including phenoxy) is 1. The lowest BCUT2D eigenvalue weighted by molar-refractivity contribution is -0.116. The average molecular weight is 391 g/mol. The van der Waals surface area contributed by atoms with Gasteiger partial charge in [-0.2, -0.15) is 0 Å². The fourth-order valence-corrected chi connectivity index (χ4v) is 3.66. The summed E-state index contributed by atoms with van der Waals surface area (Å²) >= 11 is 0. The van der Waals surface area contributed by atoms with Gasteiger partial charge in [0.2, 0.25) is 5.91 Å². The van der Waals surface area contributed by atoms with Crippen molar-refractivity contribution in [1.82, 2.24) is 5.43 Å². The van der Waals surface area contributed by atoms with Gasteiger partial charge in [0.15, 0.2) is 11.6 Å². The molecule has 1 saturated heterocycles. The normalized spacial score (nSPS) is 20.2. The van der Waals surface area contributed by atoms with Crippen LogP contribution in [0.15, 0.2) is 41.4 Å². The molecule has 0 saturated carbocycles. The van der Waals surface area contributed by atoms with Crippen molar-refractivity contribution in [2.24, 2.45) is 4.99 Å². The van der Waals surface area contributed by atoms with Crippen LogP contribution in [-0.2, 0) is 14.1 Å². The Morgan fingerprint density at radius 1 is 1.07 bits per heavy atom. The summed E-state index contributed by atoms with van der Waals surface area (Å²) in [6.07, 6.45) is 0. The highest BCUT2D eigenvalue weighted by molar-refractivity contribution is 6.62. The number of nitrogens with zero attached hydrogens (tertiary/aromatic N) is 2. The highest BCUT2D eigenvalue weighted by Crippen LogP contribution is 2.43. The van der Waals surface area contributed by atoms with E-state index in [1.165, 1.54) is 11.9 Å². The number of carbonyl (C=O) groups is 1. The molecule has 1 amide bonds. The minimum absolute atomic E-state index is 0.151. The molecule has 0 unspecified atom stereocenters. The van der Waals surface area contributed by atoms with Gasteiger partial charge in [0.05, 0.1) is 22.5 Å². The lowest BCUT2D eigenvalue weighted by Gasteiger charge is -2.32. The number of nitrogens with one attached hydrogen (secondary N) is 1. The topological polar surface area (TPSA) is 72.4 Å². The van der Waals surface area contributed by atoms with Crippen LogP contribution < -0.4 is 20.6 Å². The van der Waals surface area contributed by atoms with Gasteiger partial charge in [-0.3, -0.25) is 10.2 Å². The molecule has 148 valence electrons. The van der Waals surface area contributed by atoms with Crippen molar-refractivity contribution in [1.29, 1.82) is 0 Å². The number of carbonyl (C=O) groups excluding carboxylic acids is 1. The lowest BCUT2D eigenvalue weighted by Crippen LogP contribution is -2.41. The summed E-state index contributed by atoms with van der Waals surface area (Å²) in [5.74, 6) is 1.68. The minimum Gasteiger partial charge on any atom is -0.454 e. The number of rotatable bonds is 1. The van der Waals surface area contributed by atoms with Crippen molar-refractivity contribution in [2.45, 2.75) is 45.8 Å². The second-order valence-electron chi connectivity index (χ2n) is 8.50. The Kier molecular flexibility index (Phi) is 3.67. The van der Waals surface area contributed by atoms with Crippen molar-refractivity contribution in [2.75, 3.05) is 5.01 Å². The van der Waals surface area contributed by atoms with E-state index in [-0.39, 0.29) is 5.91 Å². The fraction of sp³-hybridized carbons (Fsp3) is 0.333. The van der Waals surface area contributed by atoms with Gasteiger partial charge in [0.25, 0.3) is 0 Å². The molecule has 0 radical (unpaired) electrons. The Labute approximate surface area is 169 Å². The average Bonchev–Trinajstić information content (AvgIpc) is 3.04. The van der Waals surface area contributed by atoms with E-state index in [2.05, 4.69) is 10.4 Å². The minimum atomic E-state index is -0.571. The van der Waals surface area contributed by atoms with Crippen molar-refractivity contribution < 1.29 is 18.8 Å². The summed E-state index contributed by atoms with van der Waals surface area (Å²) in [6, 6.07) is 11.4. The second kappa shape index (κ2) is 5.84. The number of fused-ring (bicyclic) bond motifs is 1. The molecule has 2 aromatic rings. The van der Waals surface area contributed by atoms with E-state index in [1.807, 2.05) is 64.1 Å². The number of hydrogen-bond acceptors (Lipinski definition) is 6. The lowest BCUT2D eigenvalue weighted by atomic mass is 9.78. The quantitative estimate of drug-likeness (QED) is 0.757. The Balaban J connectivity index is 1.67. The summed E-state index contributed by atoms with van der Waals surface area (Å²) in [5.41, 5.74) is 5.06. The Morgan fingerprint density at radius 3 is 2.45 bits per heavy atom. The van der Waals surface area contributed by atoms with Crippen molar-refractivity contribution in [3.8, 4) is 11.5 Å². The maximum atomic E-state index is 12.3. The summed E-state index contributed by atoms with van der Waals surface area (Å²) in [5, 5.41) is 1.48. The Bertz CT molecular complexity index is 1060. The van der Waals surface area contributed by atoms with Crippen LogP contribution in [-0.4, -0.2) is 30.1 Å². The third-order valence-corrected chi connectivity index (χ3v) is 5.96. The van der Waals surface area contributed by atoms with Crippen LogP contribution in [0.5, 0.6) is 11.5 Å². The summed E-state index contributed by atoms with van der Waals surface area (Å²) in [6.45, 7) is 9.54. The van der Waals surface area contributed by atoms with Gasteiger partial charge in [-0.05, 0) is 57.4 Å². The van der Waals surface area contributed by atoms with E-state index in [4.69, 9.17) is 14.0 Å². The van der Waals surface area contributed by atoms with Crippen LogP contribution in [0.1, 0.15) is 40.2 Å². The van der Waals surface area contributed by atoms with E-state index in [0.717, 1.165) is 11.0 Å². The van der Waals surface area contributed by atoms with Gasteiger partial charge in [-0.1, -0.05) is 12.1 Å². The van der Waals surface area contributed by atoms with Gasteiger partial charge in [0, 0.05) is 6.92 Å². The molecule has 1 N–H and O–H groups in total. The largest absolute Gasteiger partial charge is 0.495 e. The fourth-order valence-electron chi connectivity index (χ4n) is 3.66. The molecule has 0 atom stereocenters. The Hall–Kier alpha value is -2.84. The molecule has 8 heteroatoms. The van der Waals surface area contributed by atoms with E-state index in [9.17, 15) is 4.79 Å². The molecule has 0 aliphatic carbocycles. The van der Waals surface area contributed by atoms with Crippen LogP contribution >= 0.6 is 0 Å². The zero-order chi connectivity index (χ0) is 20.6. The van der Waals surface area contributed by atoms with Crippen LogP contribution in [0.25, 0.3) is 0 Å². The van der Waals surface area contributed by atoms with Gasteiger partial charge in [-0.25, -0.2) is 10.0 Å². The van der Waals surface area contributed by atoms with Gasteiger partial charge in [-0.15, -0.1) is 0 Å². The van der Waals surface area contributed by atoms with Gasteiger partial charge in [0.1, 0.15) is 11.4 Å². The maximum absolute atomic E-state index is 12.3. The van der Waals surface area contributed by atoms with Crippen molar-refractivity contribution in [3.05, 3.63) is 42.0 Å². The highest BCUT2D eigenvalue weighted by Gasteiger charge is 2.52. The first-order valence-electron chi connectivity index (χ1n) is 9.63. The number of amides is 1. The standard InChI is InChI=1S/C21H22BN3O4/c1-12(26)25-15-10-13(22-28-20(2,3)21(4,5)29-22)11-17-18(15)19(24-25)23-14-8-6-7-9-16(14)27-17/h6-11H,1-5H3,(H,23,24). The van der Waals surface area contributed by atoms with E-state index < -0.39 is 18.3 Å². The molecular weight excluding hydrogens is 369 g/mol. The van der Waals surface area contributed by atoms with E-state index in [0.29, 0.717) is 28.7 Å². The molecule has 29 heavy (non-hydrogen) atoms. The summed E-state index contributed by atoms with van der Waals surface area (Å²) in [4.78, 5) is 17.0. The van der Waals surface area contributed by atoms with Crippen LogP contribution in [0.4, 0.5) is 11.4 Å². The van der Waals surface area contributed by atoms with Crippen molar-refractivity contribution in [3.63, 3.8) is 0 Å². The third kappa shape index (κ3) is 2.67. The molecule has 2 aromatic carbocycles. The molecule has 0 bridgehead atoms. The monoisotopic (exact) mass is 391 g/mol. The first-order valence-corrected chi connectivity index (χ1v) is 9.63. The zero-order valence-electron chi connectivity index (χ0n) is 17.1. The number of hydrazine groups is 1. The number of para-hydroxylation sites is 2. The smallest absolute Gasteiger partial charge is 0.454 e. The SMILES string of the molecule is CC(=O)N1NC2=Nc3ccccc3Oc3cc(B4OC(C)(C)C(C)(C)O4)cc1c32. The van der Waals surface area contributed by atoms with Gasteiger partial charge >= 0.3 is 7.12 Å². The number of amidine groups is 1. The predicted molar refractivity (Wildman–Crippen MR) is 111 cm³/mol. The third-order valence-electron chi connectivity index (χ3n) is 5.96. The van der Waals surface area contributed by atoms with E-state index >= 15 is 0 Å². The number of hydrogen-bond donors (Lipinski definition) is 1. The molecule has 3 aliphatic heterocycles. The molecule has 5 rings (SSSR count). The zero-order valence-corrected chi connectivity index (χ0v) is 17.1. The first kappa shape index (κ1) is 18.2. The molecular formula is C21H22BN3O4. The predicted octanol–water partition coefficient (Wildman–Crippen LogP) is 3.04. The summed E-state index contributed by atoms with van der Waals surface area (Å²) < 4.78 is 18.7. The molecule has 0 aromatic heterocycles. The van der Waals surface area contributed by atoms with E-state index in [1.54, 1.807) is 0 Å². The number of anilines is 1. The molecule has 3 aliphatic rings. The maximum Gasteiger partial charge on any atom is 0.495 e. The Morgan fingerprint density at radius 2 is 1.76 bits per heavy atom. The van der Waals surface area contributed by atoms with Crippen LogP contribution in [0.2, 0.25) is 0 Å².